The van der Waals surface area contributed by atoms with Gasteiger partial charge in [0.2, 0.25) is 0 Å². The van der Waals surface area contributed by atoms with E-state index < -0.39 is 0 Å². The number of pyridine rings is 1. The van der Waals surface area contributed by atoms with Crippen molar-refractivity contribution in [3.63, 3.8) is 0 Å². The number of hydrogen-bond donors (Lipinski definition) is 0. The predicted octanol–water partition coefficient (Wildman–Crippen LogP) is 14.4. The van der Waals surface area contributed by atoms with Gasteiger partial charge in [0.25, 0.3) is 0 Å². The third-order valence-corrected chi connectivity index (χ3v) is 11.0. The van der Waals surface area contributed by atoms with Crippen molar-refractivity contribution >= 4 is 43.7 Å². The molecule has 0 aliphatic rings. The summed E-state index contributed by atoms with van der Waals surface area (Å²) in [5.74, 6) is 0. The van der Waals surface area contributed by atoms with Crippen molar-refractivity contribution in [3.05, 3.63) is 206 Å². The maximum atomic E-state index is 6.25. The Morgan fingerprint density at radius 1 is 0.339 bits per heavy atom. The van der Waals surface area contributed by atoms with Gasteiger partial charge in [-0.2, -0.15) is 0 Å². The van der Waals surface area contributed by atoms with E-state index in [9.17, 15) is 0 Å². The van der Waals surface area contributed by atoms with Crippen LogP contribution in [0.1, 0.15) is 0 Å². The van der Waals surface area contributed by atoms with Gasteiger partial charge in [0.05, 0.1) is 22.4 Å². The Balaban J connectivity index is 1.02. The van der Waals surface area contributed by atoms with Gasteiger partial charge in [-0.1, -0.05) is 146 Å². The van der Waals surface area contributed by atoms with Crippen LogP contribution in [-0.4, -0.2) is 9.55 Å². The lowest BCUT2D eigenvalue weighted by Crippen LogP contribution is -1.94. The zero-order valence-electron chi connectivity index (χ0n) is 30.4. The lowest BCUT2D eigenvalue weighted by molar-refractivity contribution is 0.669. The fourth-order valence-electron chi connectivity index (χ4n) is 8.35. The Morgan fingerprint density at radius 2 is 0.911 bits per heavy atom. The summed E-state index contributed by atoms with van der Waals surface area (Å²) in [5, 5.41) is 4.73. The summed E-state index contributed by atoms with van der Waals surface area (Å²) < 4.78 is 8.65. The number of hydrogen-bond acceptors (Lipinski definition) is 2. The van der Waals surface area contributed by atoms with Crippen molar-refractivity contribution in [2.45, 2.75) is 0 Å². The molecule has 0 atom stereocenters. The van der Waals surface area contributed by atoms with Gasteiger partial charge in [0.15, 0.2) is 0 Å². The molecule has 0 N–H and O–H groups in total. The molecular weight excluding hydrogens is 681 g/mol. The second kappa shape index (κ2) is 13.1. The number of nitrogens with zero attached hydrogens (tertiary/aromatic N) is 2. The van der Waals surface area contributed by atoms with Crippen LogP contribution < -0.4 is 0 Å². The third kappa shape index (κ3) is 5.40. The molecule has 0 bridgehead atoms. The van der Waals surface area contributed by atoms with Gasteiger partial charge < -0.3 is 8.98 Å². The molecule has 11 rings (SSSR count). The molecule has 0 saturated heterocycles. The zero-order chi connectivity index (χ0) is 37.0. The molecule has 3 nitrogen and oxygen atoms in total. The molecule has 8 aromatic carbocycles. The molecule has 0 spiro atoms. The van der Waals surface area contributed by atoms with E-state index in [1.165, 1.54) is 38.5 Å². The number of aromatic nitrogens is 2. The number of fused-ring (bicyclic) bond motifs is 6. The topological polar surface area (TPSA) is 31.0 Å². The van der Waals surface area contributed by atoms with E-state index in [0.29, 0.717) is 0 Å². The average molecular weight is 715 g/mol. The summed E-state index contributed by atoms with van der Waals surface area (Å²) in [6.07, 6.45) is 0. The highest BCUT2D eigenvalue weighted by Crippen LogP contribution is 2.40. The SMILES string of the molecule is c1ccc(-c2cc(-c3cccc(-c4ccc5c(c4)c4ccccc4n5-c4cccc(-c5cccc6oc7ccccc7c56)c4)c3)cc(-c3ccccc3)n2)cc1. The number of furan rings is 1. The van der Waals surface area contributed by atoms with Crippen LogP contribution in [0.5, 0.6) is 0 Å². The van der Waals surface area contributed by atoms with Gasteiger partial charge >= 0.3 is 0 Å². The van der Waals surface area contributed by atoms with E-state index in [-0.39, 0.29) is 0 Å². The molecule has 0 amide bonds. The second-order valence-corrected chi connectivity index (χ2v) is 14.4. The number of benzene rings is 8. The lowest BCUT2D eigenvalue weighted by atomic mass is 9.96. The molecule has 11 aromatic rings. The van der Waals surface area contributed by atoms with E-state index in [1.54, 1.807) is 0 Å². The Hall–Kier alpha value is -7.49. The molecule has 0 radical (unpaired) electrons. The van der Waals surface area contributed by atoms with E-state index in [2.05, 4.69) is 187 Å². The smallest absolute Gasteiger partial charge is 0.136 e. The molecule has 0 saturated carbocycles. The van der Waals surface area contributed by atoms with Crippen molar-refractivity contribution in [1.29, 1.82) is 0 Å². The standard InChI is InChI=1S/C53H34N2O/c1-3-14-35(15-4-1)47-33-41(34-48(54-47)36-16-5-2-6-17-36)38-19-11-18-37(30-38)39-28-29-50-46(32-39)44-22-7-9-25-49(44)55(50)42-21-12-20-40(31-42)43-24-13-27-52-53(43)45-23-8-10-26-51(45)56-52/h1-34H. The van der Waals surface area contributed by atoms with Gasteiger partial charge in [-0.25, -0.2) is 4.98 Å². The fourth-order valence-corrected chi connectivity index (χ4v) is 8.35. The third-order valence-electron chi connectivity index (χ3n) is 11.0. The number of para-hydroxylation sites is 2. The van der Waals surface area contributed by atoms with E-state index in [1.807, 2.05) is 24.3 Å². The predicted molar refractivity (Wildman–Crippen MR) is 233 cm³/mol. The Morgan fingerprint density at radius 3 is 1.70 bits per heavy atom. The highest BCUT2D eigenvalue weighted by Gasteiger charge is 2.17. The summed E-state index contributed by atoms with van der Waals surface area (Å²) in [6.45, 7) is 0. The minimum absolute atomic E-state index is 0.903. The van der Waals surface area contributed by atoms with Crippen molar-refractivity contribution in [1.82, 2.24) is 9.55 Å². The van der Waals surface area contributed by atoms with Crippen molar-refractivity contribution in [2.75, 3.05) is 0 Å². The lowest BCUT2D eigenvalue weighted by Gasteiger charge is -2.12. The average Bonchev–Trinajstić information content (AvgIpc) is 3.83. The Bertz CT molecular complexity index is 3190. The van der Waals surface area contributed by atoms with Crippen LogP contribution in [0.15, 0.2) is 211 Å². The van der Waals surface area contributed by atoms with Crippen LogP contribution in [0.4, 0.5) is 0 Å². The summed E-state index contributed by atoms with van der Waals surface area (Å²) in [5.41, 5.74) is 16.3. The first-order chi connectivity index (χ1) is 27.7. The highest BCUT2D eigenvalue weighted by atomic mass is 16.3. The molecule has 262 valence electrons. The second-order valence-electron chi connectivity index (χ2n) is 14.4. The van der Waals surface area contributed by atoms with Crippen LogP contribution in [0.25, 0.3) is 105 Å². The molecule has 0 aliphatic heterocycles. The summed E-state index contributed by atoms with van der Waals surface area (Å²) in [6, 6.07) is 73.3. The summed E-state index contributed by atoms with van der Waals surface area (Å²) in [4.78, 5) is 5.11. The first-order valence-corrected chi connectivity index (χ1v) is 19.0. The van der Waals surface area contributed by atoms with Gasteiger partial charge in [-0.15, -0.1) is 0 Å². The van der Waals surface area contributed by atoms with Crippen LogP contribution in [0.3, 0.4) is 0 Å². The van der Waals surface area contributed by atoms with Gasteiger partial charge in [0.1, 0.15) is 11.2 Å². The summed E-state index contributed by atoms with van der Waals surface area (Å²) >= 11 is 0. The van der Waals surface area contributed by atoms with E-state index >= 15 is 0 Å². The highest BCUT2D eigenvalue weighted by molar-refractivity contribution is 6.13. The van der Waals surface area contributed by atoms with Crippen LogP contribution in [0, 0.1) is 0 Å². The maximum absolute atomic E-state index is 6.25. The maximum Gasteiger partial charge on any atom is 0.136 e. The van der Waals surface area contributed by atoms with Gasteiger partial charge in [-0.3, -0.25) is 0 Å². The molecule has 0 aliphatic carbocycles. The normalized spacial score (nSPS) is 11.6. The molecular formula is C53H34N2O. The Kier molecular flexibility index (Phi) is 7.49. The largest absolute Gasteiger partial charge is 0.456 e. The molecule has 0 fully saturated rings. The first-order valence-electron chi connectivity index (χ1n) is 19.0. The van der Waals surface area contributed by atoms with E-state index in [0.717, 1.165) is 66.8 Å². The fraction of sp³-hybridized carbons (Fsp3) is 0. The Labute approximate surface area is 324 Å². The zero-order valence-corrected chi connectivity index (χ0v) is 30.4. The molecule has 0 unspecified atom stereocenters. The van der Waals surface area contributed by atoms with Crippen LogP contribution in [-0.2, 0) is 0 Å². The van der Waals surface area contributed by atoms with Crippen LogP contribution in [0.2, 0.25) is 0 Å². The van der Waals surface area contributed by atoms with E-state index in [4.69, 9.17) is 9.40 Å². The van der Waals surface area contributed by atoms with Crippen molar-refractivity contribution in [3.8, 4) is 61.6 Å². The van der Waals surface area contributed by atoms with Crippen LogP contribution >= 0.6 is 0 Å². The van der Waals surface area contributed by atoms with Crippen molar-refractivity contribution < 1.29 is 4.42 Å². The van der Waals surface area contributed by atoms with Gasteiger partial charge in [0, 0.05) is 38.4 Å². The monoisotopic (exact) mass is 714 g/mol. The molecule has 3 heteroatoms. The minimum atomic E-state index is 0.903. The minimum Gasteiger partial charge on any atom is -0.456 e. The number of rotatable bonds is 6. The molecule has 3 heterocycles. The molecule has 56 heavy (non-hydrogen) atoms. The van der Waals surface area contributed by atoms with Gasteiger partial charge in [-0.05, 0) is 94.0 Å². The summed E-state index contributed by atoms with van der Waals surface area (Å²) in [7, 11) is 0. The molecule has 3 aromatic heterocycles. The first kappa shape index (κ1) is 32.0. The van der Waals surface area contributed by atoms with Crippen molar-refractivity contribution in [2.24, 2.45) is 0 Å². The quantitative estimate of drug-likeness (QED) is 0.172.